The molecule has 0 aliphatic heterocycles. The molecule has 2 aromatic carbocycles. The summed E-state index contributed by atoms with van der Waals surface area (Å²) in [5, 5.41) is 1.03. The van der Waals surface area contributed by atoms with Gasteiger partial charge in [-0.25, -0.2) is 9.37 Å². The molecular weight excluding hydrogens is 453 g/mol. The fourth-order valence-corrected chi connectivity index (χ4v) is 4.93. The lowest BCUT2D eigenvalue weighted by atomic mass is 10.2. The average Bonchev–Trinajstić information content (AvgIpc) is 3.04. The van der Waals surface area contributed by atoms with Crippen molar-refractivity contribution in [1.82, 2.24) is 14.5 Å². The maximum atomic E-state index is 13.9. The number of aromatic nitrogens is 3. The standard InChI is InChI=1S/C19H13ClFN3O2S3/c1-26-14-7-2-10(8-13(14)21)9-28-18-22-16-15(17(25)23-18)29-19(27)24(16)12-5-3-11(20)4-6-12/h2-8H,9H2,1H3,(H,22,23,25). The fourth-order valence-electron chi connectivity index (χ4n) is 2.73. The summed E-state index contributed by atoms with van der Waals surface area (Å²) in [7, 11) is 1.42. The first kappa shape index (κ1) is 20.1. The number of fused-ring (bicyclic) bond motifs is 1. The molecule has 0 unspecified atom stereocenters. The Hall–Kier alpha value is -2.20. The second kappa shape index (κ2) is 8.27. The van der Waals surface area contributed by atoms with Crippen LogP contribution in [0.25, 0.3) is 16.0 Å². The predicted octanol–water partition coefficient (Wildman–Crippen LogP) is 5.60. The Morgan fingerprint density at radius 3 is 2.76 bits per heavy atom. The maximum absolute atomic E-state index is 13.9. The van der Waals surface area contributed by atoms with Gasteiger partial charge in [0.1, 0.15) is 4.70 Å². The van der Waals surface area contributed by atoms with E-state index in [0.717, 1.165) is 11.3 Å². The Balaban J connectivity index is 1.70. The Morgan fingerprint density at radius 1 is 1.31 bits per heavy atom. The first-order valence-electron chi connectivity index (χ1n) is 8.33. The van der Waals surface area contributed by atoms with Crippen LogP contribution in [-0.2, 0) is 5.75 Å². The van der Waals surface area contributed by atoms with Crippen LogP contribution in [0.5, 0.6) is 5.75 Å². The van der Waals surface area contributed by atoms with Gasteiger partial charge in [0.05, 0.1) is 7.11 Å². The molecule has 0 fully saturated rings. The summed E-state index contributed by atoms with van der Waals surface area (Å²) in [4.78, 5) is 19.9. The van der Waals surface area contributed by atoms with E-state index in [9.17, 15) is 9.18 Å². The molecular formula is C19H13ClFN3O2S3. The highest BCUT2D eigenvalue weighted by atomic mass is 35.5. The van der Waals surface area contributed by atoms with Crippen molar-refractivity contribution in [1.29, 1.82) is 0 Å². The third-order valence-corrected chi connectivity index (χ3v) is 6.66. The summed E-state index contributed by atoms with van der Waals surface area (Å²) in [6.07, 6.45) is 0. The van der Waals surface area contributed by atoms with Crippen molar-refractivity contribution in [3.8, 4) is 11.4 Å². The average molecular weight is 466 g/mol. The number of ether oxygens (including phenoxy) is 1. The van der Waals surface area contributed by atoms with Crippen LogP contribution in [0.1, 0.15) is 5.56 Å². The molecule has 0 saturated heterocycles. The number of hydrogen-bond donors (Lipinski definition) is 1. The number of nitrogens with zero attached hydrogens (tertiary/aromatic N) is 2. The number of thioether (sulfide) groups is 1. The van der Waals surface area contributed by atoms with Crippen LogP contribution in [0.15, 0.2) is 52.4 Å². The van der Waals surface area contributed by atoms with Crippen LogP contribution in [0.3, 0.4) is 0 Å². The summed E-state index contributed by atoms with van der Waals surface area (Å²) >= 11 is 13.9. The van der Waals surface area contributed by atoms with E-state index in [1.165, 1.54) is 36.3 Å². The molecule has 4 aromatic rings. The number of nitrogens with one attached hydrogen (secondary N) is 1. The van der Waals surface area contributed by atoms with Gasteiger partial charge in [0, 0.05) is 16.5 Å². The van der Waals surface area contributed by atoms with Crippen molar-refractivity contribution < 1.29 is 9.13 Å². The second-order valence-electron chi connectivity index (χ2n) is 5.96. The highest BCUT2D eigenvalue weighted by Crippen LogP contribution is 2.27. The van der Waals surface area contributed by atoms with Crippen molar-refractivity contribution >= 4 is 57.3 Å². The molecule has 0 bridgehead atoms. The van der Waals surface area contributed by atoms with Gasteiger partial charge in [-0.15, -0.1) is 0 Å². The number of thiazole rings is 1. The zero-order valence-electron chi connectivity index (χ0n) is 14.9. The number of halogens is 2. The van der Waals surface area contributed by atoms with Crippen LogP contribution in [0, 0.1) is 9.77 Å². The van der Waals surface area contributed by atoms with Crippen LogP contribution in [0.4, 0.5) is 4.39 Å². The maximum Gasteiger partial charge on any atom is 0.271 e. The Kier molecular flexibility index (Phi) is 5.73. The van der Waals surface area contributed by atoms with Crippen molar-refractivity contribution in [2.45, 2.75) is 10.9 Å². The van der Waals surface area contributed by atoms with Gasteiger partial charge < -0.3 is 9.72 Å². The Labute approximate surface area is 183 Å². The van der Waals surface area contributed by atoms with Crippen molar-refractivity contribution in [2.24, 2.45) is 0 Å². The number of rotatable bonds is 5. The van der Waals surface area contributed by atoms with Crippen LogP contribution >= 0.6 is 46.9 Å². The smallest absolute Gasteiger partial charge is 0.271 e. The van der Waals surface area contributed by atoms with Gasteiger partial charge in [0.15, 0.2) is 26.3 Å². The van der Waals surface area contributed by atoms with Gasteiger partial charge in [-0.3, -0.25) is 9.36 Å². The predicted molar refractivity (Wildman–Crippen MR) is 118 cm³/mol. The minimum atomic E-state index is -0.434. The molecule has 5 nitrogen and oxygen atoms in total. The van der Waals surface area contributed by atoms with E-state index in [1.54, 1.807) is 28.8 Å². The largest absolute Gasteiger partial charge is 0.494 e. The molecule has 0 atom stereocenters. The third kappa shape index (κ3) is 4.09. The van der Waals surface area contributed by atoms with E-state index in [-0.39, 0.29) is 11.3 Å². The molecule has 0 spiro atoms. The zero-order valence-corrected chi connectivity index (χ0v) is 18.1. The number of hydrogen-bond acceptors (Lipinski definition) is 6. The number of methoxy groups -OCH3 is 1. The Morgan fingerprint density at radius 2 is 2.07 bits per heavy atom. The molecule has 10 heteroatoms. The fraction of sp³-hybridized carbons (Fsp3) is 0.105. The normalized spacial score (nSPS) is 11.1. The van der Waals surface area contributed by atoms with E-state index in [1.807, 2.05) is 12.1 Å². The molecule has 0 aliphatic carbocycles. The lowest BCUT2D eigenvalue weighted by Gasteiger charge is -2.07. The molecule has 148 valence electrons. The number of aromatic amines is 1. The van der Waals surface area contributed by atoms with E-state index in [0.29, 0.717) is 30.2 Å². The Bertz CT molecular complexity index is 1320. The summed E-state index contributed by atoms with van der Waals surface area (Å²) < 4.78 is 21.5. The molecule has 29 heavy (non-hydrogen) atoms. The first-order chi connectivity index (χ1) is 14.0. The van der Waals surface area contributed by atoms with Gasteiger partial charge in [0.2, 0.25) is 0 Å². The van der Waals surface area contributed by atoms with E-state index in [2.05, 4.69) is 9.97 Å². The lowest BCUT2D eigenvalue weighted by molar-refractivity contribution is 0.386. The monoisotopic (exact) mass is 465 g/mol. The van der Waals surface area contributed by atoms with Crippen LogP contribution in [-0.4, -0.2) is 21.6 Å². The highest BCUT2D eigenvalue weighted by molar-refractivity contribution is 7.98. The summed E-state index contributed by atoms with van der Waals surface area (Å²) in [6, 6.07) is 11.9. The van der Waals surface area contributed by atoms with E-state index >= 15 is 0 Å². The topological polar surface area (TPSA) is 59.9 Å². The molecule has 4 rings (SSSR count). The molecule has 2 aromatic heterocycles. The van der Waals surface area contributed by atoms with E-state index in [4.69, 9.17) is 28.6 Å². The first-order valence-corrected chi connectivity index (χ1v) is 10.9. The van der Waals surface area contributed by atoms with Crippen molar-refractivity contribution in [3.05, 3.63) is 73.2 Å². The van der Waals surface area contributed by atoms with Crippen LogP contribution < -0.4 is 10.3 Å². The minimum Gasteiger partial charge on any atom is -0.494 e. The number of benzene rings is 2. The molecule has 0 radical (unpaired) electrons. The second-order valence-corrected chi connectivity index (χ2v) is 9.01. The SMILES string of the molecule is COc1ccc(CSc2nc3c(sc(=S)n3-c3ccc(Cl)cc3)c(=O)[nH]2)cc1F. The zero-order chi connectivity index (χ0) is 20.5. The quantitative estimate of drug-likeness (QED) is 0.236. The summed E-state index contributed by atoms with van der Waals surface area (Å²) in [5.41, 5.74) is 1.74. The molecule has 2 heterocycles. The third-order valence-electron chi connectivity index (χ3n) is 4.10. The molecule has 0 aliphatic rings. The number of H-pyrrole nitrogens is 1. The van der Waals surface area contributed by atoms with E-state index < -0.39 is 5.82 Å². The van der Waals surface area contributed by atoms with Gasteiger partial charge in [0.25, 0.3) is 5.56 Å². The van der Waals surface area contributed by atoms with Gasteiger partial charge in [-0.2, -0.15) is 0 Å². The molecule has 0 amide bonds. The molecule has 1 N–H and O–H groups in total. The van der Waals surface area contributed by atoms with Crippen LogP contribution in [0.2, 0.25) is 5.02 Å². The van der Waals surface area contributed by atoms with Crippen molar-refractivity contribution in [3.63, 3.8) is 0 Å². The van der Waals surface area contributed by atoms with Gasteiger partial charge >= 0.3 is 0 Å². The molecule has 0 saturated carbocycles. The van der Waals surface area contributed by atoms with Crippen molar-refractivity contribution in [2.75, 3.05) is 7.11 Å². The van der Waals surface area contributed by atoms with Gasteiger partial charge in [-0.05, 0) is 54.2 Å². The van der Waals surface area contributed by atoms with Gasteiger partial charge in [-0.1, -0.05) is 40.8 Å². The minimum absolute atomic E-state index is 0.187. The summed E-state index contributed by atoms with van der Waals surface area (Å²) in [5.74, 6) is 0.185. The summed E-state index contributed by atoms with van der Waals surface area (Å²) in [6.45, 7) is 0. The highest BCUT2D eigenvalue weighted by Gasteiger charge is 2.14. The lowest BCUT2D eigenvalue weighted by Crippen LogP contribution is -2.09.